The largest absolute Gasteiger partial charge is 0.348 e. The molecule has 96 valence electrons. The van der Waals surface area contributed by atoms with Gasteiger partial charge < -0.3 is 10.2 Å². The third-order valence-corrected chi connectivity index (χ3v) is 4.43. The van der Waals surface area contributed by atoms with E-state index in [9.17, 15) is 4.79 Å². The summed E-state index contributed by atoms with van der Waals surface area (Å²) in [5, 5.41) is 3.15. The van der Waals surface area contributed by atoms with Gasteiger partial charge in [-0.15, -0.1) is 0 Å². The molecule has 0 saturated carbocycles. The normalized spacial score (nSPS) is 30.2. The molecule has 4 rings (SSSR count). The molecule has 3 aliphatic rings. The summed E-state index contributed by atoms with van der Waals surface area (Å²) in [6.07, 6.45) is 4.04. The molecule has 4 nitrogen and oxygen atoms in total. The van der Waals surface area contributed by atoms with E-state index in [0.717, 1.165) is 11.1 Å². The van der Waals surface area contributed by atoms with Gasteiger partial charge in [0.15, 0.2) is 0 Å². The number of amides is 1. The Kier molecular flexibility index (Phi) is 3.35. The van der Waals surface area contributed by atoms with Crippen LogP contribution in [0.1, 0.15) is 23.2 Å². The average molecular weight is 310 g/mol. The topological polar surface area (TPSA) is 45.2 Å². The minimum Gasteiger partial charge on any atom is -0.348 e. The number of fused-ring (bicyclic) bond motifs is 3. The zero-order valence-electron chi connectivity index (χ0n) is 10.1. The summed E-state index contributed by atoms with van der Waals surface area (Å²) >= 11 is 3.27. The number of carbonyl (C=O) groups excluding carboxylic acids is 1. The Bertz CT molecular complexity index is 440. The van der Waals surface area contributed by atoms with Gasteiger partial charge in [-0.25, -0.2) is 4.98 Å². The first kappa shape index (κ1) is 12.1. The Balaban J connectivity index is 1.66. The Morgan fingerprint density at radius 1 is 1.39 bits per heavy atom. The number of pyridine rings is 1. The van der Waals surface area contributed by atoms with E-state index in [4.69, 9.17) is 0 Å². The highest BCUT2D eigenvalue weighted by atomic mass is 79.9. The van der Waals surface area contributed by atoms with Gasteiger partial charge in [-0.05, 0) is 59.9 Å². The van der Waals surface area contributed by atoms with Crippen molar-refractivity contribution in [1.82, 2.24) is 15.2 Å². The summed E-state index contributed by atoms with van der Waals surface area (Å²) in [4.78, 5) is 18.6. The number of nitrogens with one attached hydrogen (secondary N) is 1. The first-order chi connectivity index (χ1) is 8.72. The summed E-state index contributed by atoms with van der Waals surface area (Å²) in [7, 11) is 0. The summed E-state index contributed by atoms with van der Waals surface area (Å²) in [5.41, 5.74) is 0.634. The van der Waals surface area contributed by atoms with Crippen molar-refractivity contribution in [3.8, 4) is 0 Å². The second-order valence-corrected chi connectivity index (χ2v) is 5.90. The van der Waals surface area contributed by atoms with Gasteiger partial charge in [0.05, 0.1) is 5.56 Å². The predicted octanol–water partition coefficient (Wildman–Crippen LogP) is 1.67. The predicted molar refractivity (Wildman–Crippen MR) is 72.4 cm³/mol. The number of hydrogen-bond acceptors (Lipinski definition) is 3. The van der Waals surface area contributed by atoms with Gasteiger partial charge in [-0.3, -0.25) is 4.79 Å². The molecule has 1 amide bonds. The second-order valence-electron chi connectivity index (χ2n) is 5.09. The summed E-state index contributed by atoms with van der Waals surface area (Å²) < 4.78 is 0.752. The fourth-order valence-corrected chi connectivity index (χ4v) is 3.13. The molecular formula is C13H16BrN3O. The number of aromatic nitrogens is 1. The first-order valence-corrected chi connectivity index (χ1v) is 7.16. The molecule has 0 radical (unpaired) electrons. The fraction of sp³-hybridized carbons (Fsp3) is 0.538. The summed E-state index contributed by atoms with van der Waals surface area (Å²) in [6, 6.07) is 3.91. The molecule has 2 bridgehead atoms. The van der Waals surface area contributed by atoms with Crippen molar-refractivity contribution < 1.29 is 4.79 Å². The molecule has 4 heterocycles. The lowest BCUT2D eigenvalue weighted by molar-refractivity contribution is 0.0620. The third-order valence-electron chi connectivity index (χ3n) is 3.96. The standard InChI is InChI=1S/C13H16BrN3O/c14-12-2-1-10(7-15-12)13(18)16-11-8-17-5-3-9(11)4-6-17/h1-2,7,9,11H,3-6,8H2,(H,16,18). The van der Waals surface area contributed by atoms with Crippen molar-refractivity contribution in [2.45, 2.75) is 18.9 Å². The molecule has 1 aromatic rings. The number of halogens is 1. The maximum absolute atomic E-state index is 12.1. The van der Waals surface area contributed by atoms with Crippen LogP contribution in [0.15, 0.2) is 22.9 Å². The molecule has 1 unspecified atom stereocenters. The van der Waals surface area contributed by atoms with Crippen LogP contribution in [0.25, 0.3) is 0 Å². The van der Waals surface area contributed by atoms with E-state index in [1.165, 1.54) is 25.9 Å². The zero-order chi connectivity index (χ0) is 12.5. The Morgan fingerprint density at radius 3 is 2.72 bits per heavy atom. The van der Waals surface area contributed by atoms with Crippen molar-refractivity contribution in [2.24, 2.45) is 5.92 Å². The van der Waals surface area contributed by atoms with Crippen molar-refractivity contribution in [2.75, 3.05) is 19.6 Å². The van der Waals surface area contributed by atoms with E-state index in [0.29, 0.717) is 17.5 Å². The number of hydrogen-bond donors (Lipinski definition) is 1. The molecule has 3 aliphatic heterocycles. The minimum atomic E-state index is -0.00579. The molecule has 0 spiro atoms. The Morgan fingerprint density at radius 2 is 2.17 bits per heavy atom. The van der Waals surface area contributed by atoms with Gasteiger partial charge in [0.1, 0.15) is 4.60 Å². The maximum Gasteiger partial charge on any atom is 0.253 e. The highest BCUT2D eigenvalue weighted by molar-refractivity contribution is 9.10. The first-order valence-electron chi connectivity index (χ1n) is 6.37. The molecule has 0 aromatic carbocycles. The fourth-order valence-electron chi connectivity index (χ4n) is 2.89. The van der Waals surface area contributed by atoms with Crippen molar-refractivity contribution >= 4 is 21.8 Å². The summed E-state index contributed by atoms with van der Waals surface area (Å²) in [6.45, 7) is 3.38. The van der Waals surface area contributed by atoms with Crippen LogP contribution in [0.5, 0.6) is 0 Å². The zero-order valence-corrected chi connectivity index (χ0v) is 11.7. The third kappa shape index (κ3) is 2.42. The molecular weight excluding hydrogens is 294 g/mol. The highest BCUT2D eigenvalue weighted by Gasteiger charge is 2.34. The molecule has 1 aromatic heterocycles. The number of nitrogens with zero attached hydrogens (tertiary/aromatic N) is 2. The lowest BCUT2D eigenvalue weighted by Gasteiger charge is -2.44. The van der Waals surface area contributed by atoms with Crippen LogP contribution in [-0.2, 0) is 0 Å². The van der Waals surface area contributed by atoms with Crippen LogP contribution in [0.2, 0.25) is 0 Å². The average Bonchev–Trinajstić information content (AvgIpc) is 2.41. The number of carbonyl (C=O) groups is 1. The summed E-state index contributed by atoms with van der Waals surface area (Å²) in [5.74, 6) is 0.649. The van der Waals surface area contributed by atoms with E-state index in [2.05, 4.69) is 31.1 Å². The van der Waals surface area contributed by atoms with Crippen molar-refractivity contribution in [1.29, 1.82) is 0 Å². The number of piperidine rings is 3. The van der Waals surface area contributed by atoms with Gasteiger partial charge >= 0.3 is 0 Å². The van der Waals surface area contributed by atoms with Gasteiger partial charge in [-0.1, -0.05) is 0 Å². The van der Waals surface area contributed by atoms with E-state index in [1.54, 1.807) is 18.3 Å². The maximum atomic E-state index is 12.1. The van der Waals surface area contributed by atoms with Crippen LogP contribution >= 0.6 is 15.9 Å². The van der Waals surface area contributed by atoms with Crippen molar-refractivity contribution in [3.05, 3.63) is 28.5 Å². The van der Waals surface area contributed by atoms with E-state index >= 15 is 0 Å². The van der Waals surface area contributed by atoms with Crippen LogP contribution in [0.4, 0.5) is 0 Å². The Hall–Kier alpha value is -0.940. The lowest BCUT2D eigenvalue weighted by Crippen LogP contribution is -2.57. The highest BCUT2D eigenvalue weighted by Crippen LogP contribution is 2.27. The molecule has 18 heavy (non-hydrogen) atoms. The number of rotatable bonds is 2. The van der Waals surface area contributed by atoms with Gasteiger partial charge in [0.25, 0.3) is 5.91 Å². The van der Waals surface area contributed by atoms with Crippen LogP contribution in [0.3, 0.4) is 0 Å². The lowest BCUT2D eigenvalue weighted by atomic mass is 9.84. The Labute approximate surface area is 115 Å². The molecule has 5 heteroatoms. The van der Waals surface area contributed by atoms with E-state index < -0.39 is 0 Å². The molecule has 1 atom stereocenters. The van der Waals surface area contributed by atoms with Crippen LogP contribution in [0, 0.1) is 5.92 Å². The minimum absolute atomic E-state index is 0.00579. The molecule has 1 N–H and O–H groups in total. The smallest absolute Gasteiger partial charge is 0.253 e. The molecule has 3 fully saturated rings. The van der Waals surface area contributed by atoms with Gasteiger partial charge in [-0.2, -0.15) is 0 Å². The second kappa shape index (κ2) is 4.97. The van der Waals surface area contributed by atoms with Gasteiger partial charge in [0, 0.05) is 18.8 Å². The SMILES string of the molecule is O=C(NC1CN2CCC1CC2)c1ccc(Br)nc1. The quantitative estimate of drug-likeness (QED) is 0.845. The molecule has 0 aliphatic carbocycles. The van der Waals surface area contributed by atoms with Gasteiger partial charge in [0.2, 0.25) is 0 Å². The van der Waals surface area contributed by atoms with E-state index in [1.807, 2.05) is 0 Å². The van der Waals surface area contributed by atoms with Crippen LogP contribution in [-0.4, -0.2) is 41.5 Å². The van der Waals surface area contributed by atoms with Crippen molar-refractivity contribution in [3.63, 3.8) is 0 Å². The van der Waals surface area contributed by atoms with Crippen LogP contribution < -0.4 is 5.32 Å². The van der Waals surface area contributed by atoms with E-state index in [-0.39, 0.29) is 5.91 Å². The molecule has 3 saturated heterocycles. The monoisotopic (exact) mass is 309 g/mol.